The van der Waals surface area contributed by atoms with Gasteiger partial charge in [0.2, 0.25) is 0 Å². The Labute approximate surface area is 108 Å². The van der Waals surface area contributed by atoms with Crippen LogP contribution in [0.4, 0.5) is 0 Å². The molecule has 0 saturated carbocycles. The second-order valence-corrected chi connectivity index (χ2v) is 4.13. The molecule has 0 spiro atoms. The van der Waals surface area contributed by atoms with Gasteiger partial charge in [-0.15, -0.1) is 12.4 Å². The summed E-state index contributed by atoms with van der Waals surface area (Å²) >= 11 is 0. The van der Waals surface area contributed by atoms with Crippen LogP contribution in [0, 0.1) is 6.92 Å². The van der Waals surface area contributed by atoms with Gasteiger partial charge in [-0.1, -0.05) is 0 Å². The molecule has 0 aromatic carbocycles. The second-order valence-electron chi connectivity index (χ2n) is 4.13. The Hall–Kier alpha value is -1.26. The van der Waals surface area contributed by atoms with Gasteiger partial charge in [0, 0.05) is 50.8 Å². The zero-order valence-corrected chi connectivity index (χ0v) is 11.3. The van der Waals surface area contributed by atoms with E-state index in [4.69, 9.17) is 0 Å². The number of nitrogens with zero attached hydrogens (tertiary/aromatic N) is 3. The summed E-state index contributed by atoms with van der Waals surface area (Å²) in [5, 5.41) is 7.74. The van der Waals surface area contributed by atoms with Gasteiger partial charge in [-0.25, -0.2) is 0 Å². The average Bonchev–Trinajstić information content (AvgIpc) is 2.75. The lowest BCUT2D eigenvalue weighted by atomic mass is 10.2. The lowest BCUT2D eigenvalue weighted by molar-refractivity contribution is 0.653. The number of aryl methyl sites for hydroxylation is 3. The summed E-state index contributed by atoms with van der Waals surface area (Å²) < 4.78 is 3.98. The highest BCUT2D eigenvalue weighted by molar-refractivity contribution is 5.85. The minimum absolute atomic E-state index is 0. The van der Waals surface area contributed by atoms with Crippen LogP contribution in [-0.2, 0) is 27.2 Å². The zero-order valence-electron chi connectivity index (χ0n) is 10.5. The predicted octanol–water partition coefficient (Wildman–Crippen LogP) is 1.78. The Morgan fingerprint density at radius 2 is 2.06 bits per heavy atom. The highest BCUT2D eigenvalue weighted by Crippen LogP contribution is 2.05. The standard InChI is InChI=1S/C12H18N4.ClH/c1-10-11(9-16(3)14-10)7-13-8-12-5-4-6-15(12)2;/h4-6,9,13H,7-8H2,1-3H3;1H. The van der Waals surface area contributed by atoms with Crippen LogP contribution in [0.25, 0.3) is 0 Å². The lowest BCUT2D eigenvalue weighted by Gasteiger charge is -2.05. The van der Waals surface area contributed by atoms with Crippen LogP contribution in [0.5, 0.6) is 0 Å². The van der Waals surface area contributed by atoms with Gasteiger partial charge < -0.3 is 9.88 Å². The molecule has 0 atom stereocenters. The number of nitrogens with one attached hydrogen (secondary N) is 1. The summed E-state index contributed by atoms with van der Waals surface area (Å²) in [6.07, 6.45) is 4.12. The van der Waals surface area contributed by atoms with Gasteiger partial charge in [0.25, 0.3) is 0 Å². The predicted molar refractivity (Wildman–Crippen MR) is 71.1 cm³/mol. The van der Waals surface area contributed by atoms with Gasteiger partial charge in [-0.3, -0.25) is 4.68 Å². The fourth-order valence-corrected chi connectivity index (χ4v) is 1.83. The third kappa shape index (κ3) is 3.35. The minimum Gasteiger partial charge on any atom is -0.353 e. The highest BCUT2D eigenvalue weighted by atomic mass is 35.5. The molecule has 94 valence electrons. The first kappa shape index (κ1) is 13.8. The quantitative estimate of drug-likeness (QED) is 0.903. The van der Waals surface area contributed by atoms with Crippen LogP contribution < -0.4 is 5.32 Å². The summed E-state index contributed by atoms with van der Waals surface area (Å²) in [6, 6.07) is 4.19. The van der Waals surface area contributed by atoms with Crippen LogP contribution in [-0.4, -0.2) is 14.3 Å². The van der Waals surface area contributed by atoms with E-state index in [0.29, 0.717) is 0 Å². The maximum Gasteiger partial charge on any atom is 0.0638 e. The second kappa shape index (κ2) is 5.89. The van der Waals surface area contributed by atoms with E-state index in [1.807, 2.05) is 18.7 Å². The Balaban J connectivity index is 0.00000144. The number of aromatic nitrogens is 3. The number of hydrogen-bond acceptors (Lipinski definition) is 2. The van der Waals surface area contributed by atoms with Gasteiger partial charge in [0.05, 0.1) is 5.69 Å². The molecular formula is C12H19ClN4. The molecule has 0 radical (unpaired) electrons. The summed E-state index contributed by atoms with van der Waals surface area (Å²) in [5.74, 6) is 0. The molecule has 2 aromatic rings. The largest absolute Gasteiger partial charge is 0.353 e. The van der Waals surface area contributed by atoms with Gasteiger partial charge in [0.15, 0.2) is 0 Å². The maximum absolute atomic E-state index is 4.32. The van der Waals surface area contributed by atoms with Crippen molar-refractivity contribution >= 4 is 12.4 Å². The SMILES string of the molecule is Cc1nn(C)cc1CNCc1cccn1C.Cl. The molecule has 1 N–H and O–H groups in total. The van der Waals surface area contributed by atoms with Crippen molar-refractivity contribution in [2.75, 3.05) is 0 Å². The molecular weight excluding hydrogens is 236 g/mol. The summed E-state index contributed by atoms with van der Waals surface area (Å²) in [4.78, 5) is 0. The fraction of sp³-hybridized carbons (Fsp3) is 0.417. The van der Waals surface area contributed by atoms with Gasteiger partial charge in [-0.2, -0.15) is 5.10 Å². The molecule has 17 heavy (non-hydrogen) atoms. The lowest BCUT2D eigenvalue weighted by Crippen LogP contribution is -2.14. The third-order valence-corrected chi connectivity index (χ3v) is 2.79. The third-order valence-electron chi connectivity index (χ3n) is 2.79. The van der Waals surface area contributed by atoms with Gasteiger partial charge in [0.1, 0.15) is 0 Å². The molecule has 0 saturated heterocycles. The smallest absolute Gasteiger partial charge is 0.0638 e. The van der Waals surface area contributed by atoms with Crippen molar-refractivity contribution in [2.45, 2.75) is 20.0 Å². The molecule has 4 nitrogen and oxygen atoms in total. The van der Waals surface area contributed by atoms with Gasteiger partial charge >= 0.3 is 0 Å². The summed E-state index contributed by atoms with van der Waals surface area (Å²) in [5.41, 5.74) is 3.65. The van der Waals surface area contributed by atoms with E-state index in [-0.39, 0.29) is 12.4 Å². The Bertz CT molecular complexity index is 473. The van der Waals surface area contributed by atoms with Crippen LogP contribution in [0.15, 0.2) is 24.5 Å². The molecule has 0 bridgehead atoms. The van der Waals surface area contributed by atoms with Crippen LogP contribution in [0.1, 0.15) is 17.0 Å². The van der Waals surface area contributed by atoms with Crippen molar-refractivity contribution in [3.63, 3.8) is 0 Å². The van der Waals surface area contributed by atoms with E-state index in [2.05, 4.69) is 46.6 Å². The molecule has 2 rings (SSSR count). The summed E-state index contributed by atoms with van der Waals surface area (Å²) in [6.45, 7) is 3.79. The first-order chi connectivity index (χ1) is 7.66. The highest BCUT2D eigenvalue weighted by Gasteiger charge is 2.02. The Morgan fingerprint density at radius 1 is 1.29 bits per heavy atom. The molecule has 0 amide bonds. The topological polar surface area (TPSA) is 34.8 Å². The van der Waals surface area contributed by atoms with E-state index >= 15 is 0 Å². The van der Waals surface area contributed by atoms with Crippen molar-refractivity contribution in [1.29, 1.82) is 0 Å². The molecule has 0 aliphatic carbocycles. The Morgan fingerprint density at radius 3 is 2.59 bits per heavy atom. The number of rotatable bonds is 4. The number of hydrogen-bond donors (Lipinski definition) is 1. The van der Waals surface area contributed by atoms with E-state index in [0.717, 1.165) is 18.8 Å². The van der Waals surface area contributed by atoms with Crippen LogP contribution >= 0.6 is 12.4 Å². The molecule has 5 heteroatoms. The minimum atomic E-state index is 0. The fourth-order valence-electron chi connectivity index (χ4n) is 1.83. The van der Waals surface area contributed by atoms with Crippen molar-refractivity contribution in [2.24, 2.45) is 14.1 Å². The van der Waals surface area contributed by atoms with E-state index in [9.17, 15) is 0 Å². The van der Waals surface area contributed by atoms with E-state index in [1.165, 1.54) is 11.3 Å². The normalized spacial score (nSPS) is 10.3. The molecule has 0 fully saturated rings. The molecule has 2 aromatic heterocycles. The molecule has 0 aliphatic heterocycles. The zero-order chi connectivity index (χ0) is 11.5. The Kier molecular flexibility index (Phi) is 4.78. The molecule has 0 aliphatic rings. The van der Waals surface area contributed by atoms with Gasteiger partial charge in [-0.05, 0) is 19.1 Å². The van der Waals surface area contributed by atoms with Crippen LogP contribution in [0.2, 0.25) is 0 Å². The van der Waals surface area contributed by atoms with Crippen molar-refractivity contribution in [1.82, 2.24) is 19.7 Å². The average molecular weight is 255 g/mol. The monoisotopic (exact) mass is 254 g/mol. The van der Waals surface area contributed by atoms with E-state index in [1.54, 1.807) is 0 Å². The van der Waals surface area contributed by atoms with Crippen molar-refractivity contribution < 1.29 is 0 Å². The van der Waals surface area contributed by atoms with Crippen molar-refractivity contribution in [3.05, 3.63) is 41.5 Å². The number of halogens is 1. The van der Waals surface area contributed by atoms with E-state index < -0.39 is 0 Å². The molecule has 0 unspecified atom stereocenters. The molecule has 2 heterocycles. The van der Waals surface area contributed by atoms with Crippen molar-refractivity contribution in [3.8, 4) is 0 Å². The first-order valence-electron chi connectivity index (χ1n) is 5.47. The maximum atomic E-state index is 4.32. The van der Waals surface area contributed by atoms with Crippen LogP contribution in [0.3, 0.4) is 0 Å². The first-order valence-corrected chi connectivity index (χ1v) is 5.47. The summed E-state index contributed by atoms with van der Waals surface area (Å²) in [7, 11) is 4.01.